The van der Waals surface area contributed by atoms with Crippen molar-refractivity contribution < 1.29 is 4.79 Å². The Kier molecular flexibility index (Phi) is 9.37. The standard InChI is InChI=1S/C19H33N7O.ClH/c1-24-8-10-25(11-9-24)19-22-12-16(13-23-19)15-26-7-3-2-4-17(26)14-21-18(27)5-6-20;/h12-13,17H,2-11,14-15,20H2,1H3,(H,21,27);1H. The number of nitrogens with one attached hydrogen (secondary N) is 1. The van der Waals surface area contributed by atoms with Gasteiger partial charge >= 0.3 is 0 Å². The van der Waals surface area contributed by atoms with Gasteiger partial charge in [-0.1, -0.05) is 6.42 Å². The predicted molar refractivity (Wildman–Crippen MR) is 114 cm³/mol. The van der Waals surface area contributed by atoms with Crippen LogP contribution in [0.3, 0.4) is 0 Å². The van der Waals surface area contributed by atoms with Crippen molar-refractivity contribution in [2.75, 3.05) is 57.8 Å². The first-order chi connectivity index (χ1) is 13.2. The van der Waals surface area contributed by atoms with Gasteiger partial charge in [0.1, 0.15) is 0 Å². The van der Waals surface area contributed by atoms with Gasteiger partial charge in [0.05, 0.1) is 0 Å². The Bertz CT molecular complexity index is 592. The third-order valence-electron chi connectivity index (χ3n) is 5.52. The topological polar surface area (TPSA) is 90.6 Å². The summed E-state index contributed by atoms with van der Waals surface area (Å²) in [6.45, 7) is 7.04. The molecule has 2 fully saturated rings. The number of piperazine rings is 1. The van der Waals surface area contributed by atoms with Crippen molar-refractivity contribution in [1.29, 1.82) is 0 Å². The zero-order valence-corrected chi connectivity index (χ0v) is 17.7. The Hall–Kier alpha value is -1.48. The fourth-order valence-electron chi connectivity index (χ4n) is 3.78. The number of likely N-dealkylation sites (tertiary alicyclic amines) is 1. The Morgan fingerprint density at radius 3 is 2.57 bits per heavy atom. The van der Waals surface area contributed by atoms with Crippen LogP contribution < -0.4 is 16.0 Å². The Labute approximate surface area is 174 Å². The van der Waals surface area contributed by atoms with Crippen LogP contribution in [0, 0.1) is 0 Å². The number of carbonyl (C=O) groups is 1. The number of aromatic nitrogens is 2. The van der Waals surface area contributed by atoms with Crippen LogP contribution in [0.5, 0.6) is 0 Å². The number of nitrogens with two attached hydrogens (primary N) is 1. The molecule has 28 heavy (non-hydrogen) atoms. The first kappa shape index (κ1) is 22.8. The highest BCUT2D eigenvalue weighted by atomic mass is 35.5. The molecule has 0 aromatic carbocycles. The molecule has 3 heterocycles. The van der Waals surface area contributed by atoms with Crippen molar-refractivity contribution in [3.8, 4) is 0 Å². The second-order valence-electron chi connectivity index (χ2n) is 7.64. The van der Waals surface area contributed by atoms with Crippen LogP contribution in [0.25, 0.3) is 0 Å². The second kappa shape index (κ2) is 11.5. The molecular formula is C19H34ClN7O. The van der Waals surface area contributed by atoms with Gasteiger partial charge in [0.25, 0.3) is 0 Å². The molecule has 1 atom stereocenters. The largest absolute Gasteiger partial charge is 0.354 e. The number of halogens is 1. The maximum absolute atomic E-state index is 11.7. The first-order valence-corrected chi connectivity index (χ1v) is 10.1. The van der Waals surface area contributed by atoms with Crippen LogP contribution in [0.1, 0.15) is 31.2 Å². The van der Waals surface area contributed by atoms with Crippen LogP contribution in [0.2, 0.25) is 0 Å². The van der Waals surface area contributed by atoms with E-state index in [1.807, 2.05) is 12.4 Å². The summed E-state index contributed by atoms with van der Waals surface area (Å²) in [7, 11) is 2.15. The van der Waals surface area contributed by atoms with Gasteiger partial charge in [-0.2, -0.15) is 0 Å². The van der Waals surface area contributed by atoms with Crippen molar-refractivity contribution in [2.24, 2.45) is 5.73 Å². The lowest BCUT2D eigenvalue weighted by Crippen LogP contribution is -2.46. The molecule has 0 saturated carbocycles. The number of piperidine rings is 1. The Balaban J connectivity index is 0.00000280. The van der Waals surface area contributed by atoms with Gasteiger partial charge in [-0.15, -0.1) is 12.4 Å². The van der Waals surface area contributed by atoms with E-state index in [-0.39, 0.29) is 18.3 Å². The summed E-state index contributed by atoms with van der Waals surface area (Å²) in [5.41, 5.74) is 6.58. The molecule has 9 heteroatoms. The minimum Gasteiger partial charge on any atom is -0.354 e. The molecule has 2 saturated heterocycles. The van der Waals surface area contributed by atoms with Gasteiger partial charge in [-0.25, -0.2) is 9.97 Å². The van der Waals surface area contributed by atoms with Crippen LogP contribution in [-0.2, 0) is 11.3 Å². The molecule has 0 spiro atoms. The number of likely N-dealkylation sites (N-methyl/N-ethyl adjacent to an activating group) is 1. The molecule has 0 aliphatic carbocycles. The lowest BCUT2D eigenvalue weighted by Gasteiger charge is -2.36. The molecule has 8 nitrogen and oxygen atoms in total. The molecule has 0 bridgehead atoms. The second-order valence-corrected chi connectivity index (χ2v) is 7.64. The smallest absolute Gasteiger partial charge is 0.225 e. The van der Waals surface area contributed by atoms with Crippen LogP contribution in [-0.4, -0.2) is 84.6 Å². The number of carbonyl (C=O) groups excluding carboxylic acids is 1. The normalized spacial score (nSPS) is 21.2. The highest BCUT2D eigenvalue weighted by Gasteiger charge is 2.23. The third-order valence-corrected chi connectivity index (χ3v) is 5.52. The molecule has 158 valence electrons. The molecule has 1 unspecified atom stereocenters. The molecule has 2 aliphatic rings. The van der Waals surface area contributed by atoms with Gasteiger partial charge in [-0.3, -0.25) is 9.69 Å². The summed E-state index contributed by atoms with van der Waals surface area (Å²) in [5.74, 6) is 0.874. The fourth-order valence-corrected chi connectivity index (χ4v) is 3.78. The van der Waals surface area contributed by atoms with E-state index in [0.29, 0.717) is 25.6 Å². The van der Waals surface area contributed by atoms with Crippen molar-refractivity contribution in [1.82, 2.24) is 25.1 Å². The fraction of sp³-hybridized carbons (Fsp3) is 0.737. The van der Waals surface area contributed by atoms with E-state index in [9.17, 15) is 4.79 Å². The third kappa shape index (κ3) is 6.55. The van der Waals surface area contributed by atoms with Gasteiger partial charge in [-0.05, 0) is 26.4 Å². The number of hydrogen-bond donors (Lipinski definition) is 2. The first-order valence-electron chi connectivity index (χ1n) is 10.1. The monoisotopic (exact) mass is 411 g/mol. The van der Waals surface area contributed by atoms with Gasteiger partial charge in [0.2, 0.25) is 11.9 Å². The number of amides is 1. The molecule has 0 radical (unpaired) electrons. The number of nitrogens with zero attached hydrogens (tertiary/aromatic N) is 5. The van der Waals surface area contributed by atoms with Gasteiger partial charge < -0.3 is 20.9 Å². The zero-order chi connectivity index (χ0) is 19.1. The summed E-state index contributed by atoms with van der Waals surface area (Å²) >= 11 is 0. The Morgan fingerprint density at radius 2 is 1.89 bits per heavy atom. The van der Waals surface area contributed by atoms with E-state index >= 15 is 0 Å². The highest BCUT2D eigenvalue weighted by Crippen LogP contribution is 2.19. The van der Waals surface area contributed by atoms with Crippen LogP contribution in [0.4, 0.5) is 5.95 Å². The van der Waals surface area contributed by atoms with E-state index in [1.54, 1.807) is 0 Å². The molecule has 1 aromatic heterocycles. The summed E-state index contributed by atoms with van der Waals surface area (Å²) in [4.78, 5) is 27.9. The minimum atomic E-state index is 0. The summed E-state index contributed by atoms with van der Waals surface area (Å²) in [6.07, 6.45) is 7.84. The number of anilines is 1. The van der Waals surface area contributed by atoms with Crippen molar-refractivity contribution in [2.45, 2.75) is 38.3 Å². The van der Waals surface area contributed by atoms with Crippen LogP contribution in [0.15, 0.2) is 12.4 Å². The molecule has 1 amide bonds. The van der Waals surface area contributed by atoms with Gasteiger partial charge in [0, 0.05) is 76.2 Å². The molecular weight excluding hydrogens is 378 g/mol. The van der Waals surface area contributed by atoms with E-state index in [2.05, 4.69) is 37.0 Å². The molecule has 3 N–H and O–H groups in total. The van der Waals surface area contributed by atoms with E-state index in [4.69, 9.17) is 5.73 Å². The molecule has 1 aromatic rings. The van der Waals surface area contributed by atoms with Crippen molar-refractivity contribution in [3.63, 3.8) is 0 Å². The summed E-state index contributed by atoms with van der Waals surface area (Å²) in [5, 5.41) is 3.02. The maximum Gasteiger partial charge on any atom is 0.225 e. The van der Waals surface area contributed by atoms with Crippen molar-refractivity contribution in [3.05, 3.63) is 18.0 Å². The van der Waals surface area contributed by atoms with E-state index in [0.717, 1.165) is 57.2 Å². The number of hydrogen-bond acceptors (Lipinski definition) is 7. The summed E-state index contributed by atoms with van der Waals surface area (Å²) < 4.78 is 0. The van der Waals surface area contributed by atoms with Crippen molar-refractivity contribution >= 4 is 24.3 Å². The predicted octanol–water partition coefficient (Wildman–Crippen LogP) is 0.470. The molecule has 3 rings (SSSR count). The van der Waals surface area contributed by atoms with E-state index < -0.39 is 0 Å². The van der Waals surface area contributed by atoms with E-state index in [1.165, 1.54) is 12.8 Å². The lowest BCUT2D eigenvalue weighted by atomic mass is 10.0. The van der Waals surface area contributed by atoms with Crippen LogP contribution >= 0.6 is 12.4 Å². The zero-order valence-electron chi connectivity index (χ0n) is 16.8. The minimum absolute atomic E-state index is 0. The lowest BCUT2D eigenvalue weighted by molar-refractivity contribution is -0.121. The average molecular weight is 412 g/mol. The maximum atomic E-state index is 11.7. The highest BCUT2D eigenvalue weighted by molar-refractivity contribution is 5.85. The SMILES string of the molecule is CN1CCN(c2ncc(CN3CCCCC3CNC(=O)CCN)cn2)CC1.Cl. The van der Waals surface area contributed by atoms with Gasteiger partial charge in [0.15, 0.2) is 0 Å². The summed E-state index contributed by atoms with van der Waals surface area (Å²) in [6, 6.07) is 0.373. The molecule has 2 aliphatic heterocycles. The average Bonchev–Trinajstić information content (AvgIpc) is 2.69. The quantitative estimate of drug-likeness (QED) is 0.673. The Morgan fingerprint density at radius 1 is 1.18 bits per heavy atom. The number of rotatable bonds is 7.